The van der Waals surface area contributed by atoms with E-state index in [1.165, 1.54) is 5.56 Å². The molecule has 3 rings (SSSR count). The van der Waals surface area contributed by atoms with Gasteiger partial charge >= 0.3 is 0 Å². The molecule has 2 N–H and O–H groups in total. The van der Waals surface area contributed by atoms with Crippen LogP contribution in [0.2, 0.25) is 0 Å². The molecule has 0 unspecified atom stereocenters. The van der Waals surface area contributed by atoms with Gasteiger partial charge in [0.15, 0.2) is 0 Å². The Labute approximate surface area is 111 Å². The number of benzene rings is 1. The first kappa shape index (κ1) is 12.0. The Morgan fingerprint density at radius 2 is 2.00 bits per heavy atom. The summed E-state index contributed by atoms with van der Waals surface area (Å²) in [5.74, 6) is 0.361. The molecule has 1 aliphatic rings. The fourth-order valence-electron chi connectivity index (χ4n) is 2.40. The smallest absolute Gasteiger partial charge is 0.230 e. The van der Waals surface area contributed by atoms with Crippen LogP contribution in [-0.4, -0.2) is 31.5 Å². The predicted molar refractivity (Wildman–Crippen MR) is 74.1 cm³/mol. The van der Waals surface area contributed by atoms with Crippen molar-refractivity contribution < 1.29 is 9.26 Å². The SMILES string of the molecule is Cc1ccc(N2CCOCC2)c(-c2cnoc2N)c1. The molecule has 1 aliphatic heterocycles. The highest BCUT2D eigenvalue weighted by Crippen LogP contribution is 2.35. The van der Waals surface area contributed by atoms with Gasteiger partial charge < -0.3 is 19.9 Å². The molecule has 0 amide bonds. The summed E-state index contributed by atoms with van der Waals surface area (Å²) in [7, 11) is 0. The summed E-state index contributed by atoms with van der Waals surface area (Å²) in [5.41, 5.74) is 10.1. The third-order valence-corrected chi connectivity index (χ3v) is 3.39. The first-order valence-electron chi connectivity index (χ1n) is 6.39. The van der Waals surface area contributed by atoms with Crippen molar-refractivity contribution in [1.82, 2.24) is 5.16 Å². The topological polar surface area (TPSA) is 64.5 Å². The number of aromatic nitrogens is 1. The molecule has 5 nitrogen and oxygen atoms in total. The summed E-state index contributed by atoms with van der Waals surface area (Å²) in [5, 5.41) is 3.77. The van der Waals surface area contributed by atoms with E-state index in [0.717, 1.165) is 43.1 Å². The van der Waals surface area contributed by atoms with Crippen LogP contribution in [0.4, 0.5) is 11.6 Å². The molecule has 0 atom stereocenters. The molecule has 100 valence electrons. The van der Waals surface area contributed by atoms with Crippen LogP contribution in [0.15, 0.2) is 28.9 Å². The summed E-state index contributed by atoms with van der Waals surface area (Å²) in [4.78, 5) is 2.31. The van der Waals surface area contributed by atoms with Crippen LogP contribution in [0, 0.1) is 6.92 Å². The fraction of sp³-hybridized carbons (Fsp3) is 0.357. The normalized spacial score (nSPS) is 15.7. The number of anilines is 2. The van der Waals surface area contributed by atoms with E-state index in [1.807, 2.05) is 0 Å². The van der Waals surface area contributed by atoms with Crippen LogP contribution in [0.3, 0.4) is 0 Å². The number of ether oxygens (including phenoxy) is 1. The zero-order valence-corrected chi connectivity index (χ0v) is 10.9. The Morgan fingerprint density at radius 3 is 2.68 bits per heavy atom. The van der Waals surface area contributed by atoms with Crippen LogP contribution in [-0.2, 0) is 4.74 Å². The lowest BCUT2D eigenvalue weighted by atomic mass is 10.0. The highest BCUT2D eigenvalue weighted by Gasteiger charge is 2.18. The summed E-state index contributed by atoms with van der Waals surface area (Å²) in [6.07, 6.45) is 1.67. The van der Waals surface area contributed by atoms with E-state index in [1.54, 1.807) is 6.20 Å². The molecule has 19 heavy (non-hydrogen) atoms. The van der Waals surface area contributed by atoms with Crippen LogP contribution >= 0.6 is 0 Å². The number of nitrogens with two attached hydrogens (primary N) is 1. The Hall–Kier alpha value is -2.01. The van der Waals surface area contributed by atoms with Crippen molar-refractivity contribution in [2.45, 2.75) is 6.92 Å². The molecule has 1 aromatic heterocycles. The molecular formula is C14H17N3O2. The van der Waals surface area contributed by atoms with Gasteiger partial charge in [0, 0.05) is 24.3 Å². The van der Waals surface area contributed by atoms with Crippen molar-refractivity contribution in [3.8, 4) is 11.1 Å². The van der Waals surface area contributed by atoms with Gasteiger partial charge in [0.1, 0.15) is 0 Å². The zero-order valence-electron chi connectivity index (χ0n) is 10.9. The molecule has 5 heteroatoms. The van der Waals surface area contributed by atoms with Crippen LogP contribution in [0.5, 0.6) is 0 Å². The van der Waals surface area contributed by atoms with Gasteiger partial charge in [-0.25, -0.2) is 0 Å². The first-order valence-corrected chi connectivity index (χ1v) is 6.39. The lowest BCUT2D eigenvalue weighted by molar-refractivity contribution is 0.123. The number of hydrogen-bond donors (Lipinski definition) is 1. The number of hydrogen-bond acceptors (Lipinski definition) is 5. The van der Waals surface area contributed by atoms with Gasteiger partial charge in [-0.15, -0.1) is 0 Å². The number of nitrogens with zero attached hydrogens (tertiary/aromatic N) is 2. The van der Waals surface area contributed by atoms with E-state index < -0.39 is 0 Å². The minimum Gasteiger partial charge on any atom is -0.378 e. The Kier molecular flexibility index (Phi) is 3.13. The molecular weight excluding hydrogens is 242 g/mol. The first-order chi connectivity index (χ1) is 9.25. The van der Waals surface area contributed by atoms with Gasteiger partial charge in [-0.2, -0.15) is 0 Å². The van der Waals surface area contributed by atoms with E-state index in [4.69, 9.17) is 15.0 Å². The highest BCUT2D eigenvalue weighted by atomic mass is 16.5. The highest BCUT2D eigenvalue weighted by molar-refractivity contribution is 5.83. The number of nitrogen functional groups attached to an aromatic ring is 1. The van der Waals surface area contributed by atoms with E-state index >= 15 is 0 Å². The van der Waals surface area contributed by atoms with E-state index in [2.05, 4.69) is 35.2 Å². The van der Waals surface area contributed by atoms with Gasteiger partial charge in [0.05, 0.1) is 25.0 Å². The Morgan fingerprint density at radius 1 is 1.21 bits per heavy atom. The van der Waals surface area contributed by atoms with E-state index in [-0.39, 0.29) is 0 Å². The lowest BCUT2D eigenvalue weighted by Gasteiger charge is -2.30. The minimum atomic E-state index is 0.361. The van der Waals surface area contributed by atoms with Crippen molar-refractivity contribution >= 4 is 11.6 Å². The lowest BCUT2D eigenvalue weighted by Crippen LogP contribution is -2.36. The van der Waals surface area contributed by atoms with Gasteiger partial charge in [-0.05, 0) is 19.1 Å². The molecule has 0 radical (unpaired) electrons. The van der Waals surface area contributed by atoms with Crippen molar-refractivity contribution in [3.63, 3.8) is 0 Å². The Balaban J connectivity index is 2.06. The van der Waals surface area contributed by atoms with Gasteiger partial charge in [-0.3, -0.25) is 0 Å². The number of rotatable bonds is 2. The van der Waals surface area contributed by atoms with Crippen LogP contribution in [0.25, 0.3) is 11.1 Å². The van der Waals surface area contributed by atoms with Crippen molar-refractivity contribution in [1.29, 1.82) is 0 Å². The van der Waals surface area contributed by atoms with Gasteiger partial charge in [0.25, 0.3) is 0 Å². The second-order valence-electron chi connectivity index (χ2n) is 4.72. The summed E-state index contributed by atoms with van der Waals surface area (Å²) < 4.78 is 10.4. The van der Waals surface area contributed by atoms with Crippen molar-refractivity contribution in [3.05, 3.63) is 30.0 Å². The molecule has 1 saturated heterocycles. The molecule has 0 bridgehead atoms. The van der Waals surface area contributed by atoms with Crippen LogP contribution in [0.1, 0.15) is 5.56 Å². The molecule has 1 aromatic carbocycles. The molecule has 1 fully saturated rings. The summed E-state index contributed by atoms with van der Waals surface area (Å²) in [6, 6.07) is 6.36. The van der Waals surface area contributed by atoms with Gasteiger partial charge in [-0.1, -0.05) is 16.8 Å². The third-order valence-electron chi connectivity index (χ3n) is 3.39. The van der Waals surface area contributed by atoms with Crippen molar-refractivity contribution in [2.24, 2.45) is 0 Å². The van der Waals surface area contributed by atoms with Crippen molar-refractivity contribution in [2.75, 3.05) is 36.9 Å². The average Bonchev–Trinajstić information content (AvgIpc) is 2.86. The molecule has 0 spiro atoms. The largest absolute Gasteiger partial charge is 0.378 e. The number of aryl methyl sites for hydroxylation is 1. The molecule has 0 saturated carbocycles. The third kappa shape index (κ3) is 2.29. The molecule has 2 aromatic rings. The summed E-state index contributed by atoms with van der Waals surface area (Å²) >= 11 is 0. The Bertz CT molecular complexity index is 574. The minimum absolute atomic E-state index is 0.361. The maximum absolute atomic E-state index is 5.85. The molecule has 0 aliphatic carbocycles. The standard InChI is InChI=1S/C14H17N3O2/c1-10-2-3-13(17-4-6-18-7-5-17)11(8-10)12-9-16-19-14(12)15/h2-3,8-9H,4-7,15H2,1H3. The average molecular weight is 259 g/mol. The predicted octanol–water partition coefficient (Wildman–Crippen LogP) is 2.07. The zero-order chi connectivity index (χ0) is 13.2. The fourth-order valence-corrected chi connectivity index (χ4v) is 2.40. The second-order valence-corrected chi connectivity index (χ2v) is 4.72. The summed E-state index contributed by atoms with van der Waals surface area (Å²) in [6.45, 7) is 5.36. The second kappa shape index (κ2) is 4.93. The van der Waals surface area contributed by atoms with Crippen LogP contribution < -0.4 is 10.6 Å². The van der Waals surface area contributed by atoms with E-state index in [0.29, 0.717) is 5.88 Å². The molecule has 2 heterocycles. The number of morpholine rings is 1. The quantitative estimate of drug-likeness (QED) is 0.894. The maximum atomic E-state index is 5.85. The monoisotopic (exact) mass is 259 g/mol. The maximum Gasteiger partial charge on any atom is 0.230 e. The van der Waals surface area contributed by atoms with E-state index in [9.17, 15) is 0 Å². The van der Waals surface area contributed by atoms with Gasteiger partial charge in [0.2, 0.25) is 5.88 Å².